The van der Waals surface area contributed by atoms with Crippen molar-refractivity contribution >= 4 is 22.9 Å². The molecule has 2 bridgehead atoms. The summed E-state index contributed by atoms with van der Waals surface area (Å²) < 4.78 is 5.82. The van der Waals surface area contributed by atoms with Gasteiger partial charge in [0, 0.05) is 11.3 Å². The fourth-order valence-electron chi connectivity index (χ4n) is 2.45. The predicted molar refractivity (Wildman–Crippen MR) is 56.9 cm³/mol. The van der Waals surface area contributed by atoms with Crippen LogP contribution in [0.15, 0.2) is 5.38 Å². The minimum atomic E-state index is 0.439. The van der Waals surface area contributed by atoms with Crippen molar-refractivity contribution < 1.29 is 4.74 Å². The molecule has 3 atom stereocenters. The van der Waals surface area contributed by atoms with Gasteiger partial charge in [-0.3, -0.25) is 0 Å². The third kappa shape index (κ3) is 1.38. The van der Waals surface area contributed by atoms with E-state index in [1.54, 1.807) is 11.3 Å². The molecule has 0 aromatic carbocycles. The molecule has 2 nitrogen and oxygen atoms in total. The Hall–Kier alpha value is -0.120. The highest BCUT2D eigenvalue weighted by molar-refractivity contribution is 7.09. The van der Waals surface area contributed by atoms with Gasteiger partial charge in [0.1, 0.15) is 0 Å². The maximum atomic E-state index is 5.82. The van der Waals surface area contributed by atoms with Crippen LogP contribution in [0.1, 0.15) is 35.9 Å². The Balaban J connectivity index is 1.82. The fraction of sp³-hybridized carbons (Fsp3) is 0.700. The first kappa shape index (κ1) is 9.13. The van der Waals surface area contributed by atoms with Crippen LogP contribution in [-0.2, 0) is 10.6 Å². The van der Waals surface area contributed by atoms with Gasteiger partial charge >= 0.3 is 0 Å². The zero-order chi connectivity index (χ0) is 9.54. The summed E-state index contributed by atoms with van der Waals surface area (Å²) in [6.45, 7) is 0. The lowest BCUT2D eigenvalue weighted by molar-refractivity contribution is 0.101. The molecule has 2 aliphatic rings. The zero-order valence-corrected chi connectivity index (χ0v) is 9.35. The largest absolute Gasteiger partial charge is 0.374 e. The van der Waals surface area contributed by atoms with Gasteiger partial charge in [0.05, 0.1) is 28.8 Å². The Morgan fingerprint density at radius 1 is 1.57 bits per heavy atom. The summed E-state index contributed by atoms with van der Waals surface area (Å²) in [7, 11) is 0. The van der Waals surface area contributed by atoms with Crippen molar-refractivity contribution in [1.29, 1.82) is 0 Å². The SMILES string of the molecule is ClCc1csc(C2CC3CCC2O3)n1. The van der Waals surface area contributed by atoms with Gasteiger partial charge in [-0.2, -0.15) is 0 Å². The van der Waals surface area contributed by atoms with Crippen LogP contribution < -0.4 is 0 Å². The van der Waals surface area contributed by atoms with Crippen molar-refractivity contribution in [2.45, 2.75) is 43.3 Å². The molecule has 0 amide bonds. The Morgan fingerprint density at radius 2 is 2.50 bits per heavy atom. The summed E-state index contributed by atoms with van der Waals surface area (Å²) in [4.78, 5) is 4.54. The highest BCUT2D eigenvalue weighted by Crippen LogP contribution is 2.45. The second-order valence-electron chi connectivity index (χ2n) is 4.03. The van der Waals surface area contributed by atoms with Crippen LogP contribution in [-0.4, -0.2) is 17.2 Å². The second-order valence-corrected chi connectivity index (χ2v) is 5.18. The van der Waals surface area contributed by atoms with E-state index in [2.05, 4.69) is 10.4 Å². The van der Waals surface area contributed by atoms with Crippen molar-refractivity contribution in [3.63, 3.8) is 0 Å². The first-order valence-corrected chi connectivity index (χ1v) is 6.44. The van der Waals surface area contributed by atoms with Crippen LogP contribution in [0.3, 0.4) is 0 Å². The van der Waals surface area contributed by atoms with Gasteiger partial charge in [0.15, 0.2) is 0 Å². The molecule has 3 unspecified atom stereocenters. The van der Waals surface area contributed by atoms with Gasteiger partial charge in [-0.25, -0.2) is 4.98 Å². The van der Waals surface area contributed by atoms with Crippen molar-refractivity contribution in [3.8, 4) is 0 Å². The summed E-state index contributed by atoms with van der Waals surface area (Å²) in [5.41, 5.74) is 1.01. The lowest BCUT2D eigenvalue weighted by Crippen LogP contribution is -2.13. The van der Waals surface area contributed by atoms with Gasteiger partial charge in [0.2, 0.25) is 0 Å². The van der Waals surface area contributed by atoms with Crippen LogP contribution in [0, 0.1) is 0 Å². The average molecular weight is 230 g/mol. The summed E-state index contributed by atoms with van der Waals surface area (Å²) in [5.74, 6) is 1.08. The smallest absolute Gasteiger partial charge is 0.0986 e. The minimum absolute atomic E-state index is 0.439. The molecule has 0 spiro atoms. The Morgan fingerprint density at radius 3 is 3.07 bits per heavy atom. The number of ether oxygens (including phenoxy) is 1. The molecule has 14 heavy (non-hydrogen) atoms. The average Bonchev–Trinajstić information content (AvgIpc) is 2.93. The topological polar surface area (TPSA) is 22.1 Å². The first-order chi connectivity index (χ1) is 6.86. The number of rotatable bonds is 2. The molecule has 3 heterocycles. The normalized spacial score (nSPS) is 35.4. The molecule has 0 aliphatic carbocycles. The summed E-state index contributed by atoms with van der Waals surface area (Å²) in [6.07, 6.45) is 4.57. The molecule has 2 fully saturated rings. The van der Waals surface area contributed by atoms with Crippen LogP contribution in [0.25, 0.3) is 0 Å². The zero-order valence-electron chi connectivity index (χ0n) is 7.78. The Kier molecular flexibility index (Phi) is 2.26. The minimum Gasteiger partial charge on any atom is -0.374 e. The van der Waals surface area contributed by atoms with Crippen LogP contribution in [0.5, 0.6) is 0 Å². The molecule has 2 aliphatic heterocycles. The lowest BCUT2D eigenvalue weighted by atomic mass is 9.90. The molecule has 0 saturated carbocycles. The molecule has 0 radical (unpaired) electrons. The van der Waals surface area contributed by atoms with Crippen molar-refractivity contribution in [2.75, 3.05) is 0 Å². The predicted octanol–water partition coefficient (Wildman–Crippen LogP) is 2.92. The van der Waals surface area contributed by atoms with Gasteiger partial charge in [-0.15, -0.1) is 22.9 Å². The van der Waals surface area contributed by atoms with E-state index in [1.807, 2.05) is 0 Å². The Labute approximate surface area is 92.3 Å². The highest BCUT2D eigenvalue weighted by Gasteiger charge is 2.42. The number of halogens is 1. The van der Waals surface area contributed by atoms with E-state index in [0.717, 1.165) is 5.69 Å². The van der Waals surface area contributed by atoms with Gasteiger partial charge in [-0.05, 0) is 19.3 Å². The molecular formula is C10H12ClNOS. The molecule has 76 valence electrons. The number of fused-ring (bicyclic) bond motifs is 2. The lowest BCUT2D eigenvalue weighted by Gasteiger charge is -2.15. The van der Waals surface area contributed by atoms with E-state index in [9.17, 15) is 0 Å². The van der Waals surface area contributed by atoms with E-state index < -0.39 is 0 Å². The van der Waals surface area contributed by atoms with Crippen LogP contribution in [0.2, 0.25) is 0 Å². The third-order valence-electron chi connectivity index (χ3n) is 3.13. The number of nitrogens with zero attached hydrogens (tertiary/aromatic N) is 1. The molecule has 1 aromatic heterocycles. The molecule has 2 saturated heterocycles. The number of alkyl halides is 1. The van der Waals surface area contributed by atoms with Crippen LogP contribution in [0.4, 0.5) is 0 Å². The number of hydrogen-bond acceptors (Lipinski definition) is 3. The molecule has 0 N–H and O–H groups in total. The quantitative estimate of drug-likeness (QED) is 0.728. The fourth-order valence-corrected chi connectivity index (χ4v) is 3.67. The third-order valence-corrected chi connectivity index (χ3v) is 4.43. The maximum Gasteiger partial charge on any atom is 0.0986 e. The summed E-state index contributed by atoms with van der Waals surface area (Å²) >= 11 is 7.47. The summed E-state index contributed by atoms with van der Waals surface area (Å²) in [5, 5.41) is 3.29. The van der Waals surface area contributed by atoms with E-state index in [0.29, 0.717) is 24.0 Å². The number of hydrogen-bond donors (Lipinski definition) is 0. The van der Waals surface area contributed by atoms with Crippen LogP contribution >= 0.6 is 22.9 Å². The van der Waals surface area contributed by atoms with E-state index in [-0.39, 0.29) is 0 Å². The maximum absolute atomic E-state index is 5.82. The standard InChI is InChI=1S/C10H12ClNOS/c11-4-6-5-14-10(12-6)8-3-7-1-2-9(8)13-7/h5,7-9H,1-4H2. The monoisotopic (exact) mass is 229 g/mol. The first-order valence-electron chi connectivity index (χ1n) is 5.02. The second kappa shape index (κ2) is 3.47. The molecule has 3 rings (SSSR count). The van der Waals surface area contributed by atoms with Gasteiger partial charge in [-0.1, -0.05) is 0 Å². The van der Waals surface area contributed by atoms with Crippen molar-refractivity contribution in [1.82, 2.24) is 4.98 Å². The van der Waals surface area contributed by atoms with Gasteiger partial charge < -0.3 is 4.74 Å². The molecule has 4 heteroatoms. The van der Waals surface area contributed by atoms with E-state index in [1.165, 1.54) is 24.3 Å². The number of aromatic nitrogens is 1. The van der Waals surface area contributed by atoms with Crippen molar-refractivity contribution in [3.05, 3.63) is 16.1 Å². The van der Waals surface area contributed by atoms with Gasteiger partial charge in [0.25, 0.3) is 0 Å². The Bertz CT molecular complexity index is 341. The highest BCUT2D eigenvalue weighted by atomic mass is 35.5. The van der Waals surface area contributed by atoms with E-state index in [4.69, 9.17) is 16.3 Å². The molecule has 1 aromatic rings. The molecular weight excluding hydrogens is 218 g/mol. The summed E-state index contributed by atoms with van der Waals surface area (Å²) in [6, 6.07) is 0. The van der Waals surface area contributed by atoms with Crippen molar-refractivity contribution in [2.24, 2.45) is 0 Å². The number of thiazole rings is 1. The van der Waals surface area contributed by atoms with E-state index >= 15 is 0 Å².